The zero-order valence-electron chi connectivity index (χ0n) is 12.3. The van der Waals surface area contributed by atoms with Crippen LogP contribution in [0, 0.1) is 5.82 Å². The van der Waals surface area contributed by atoms with Crippen LogP contribution >= 0.6 is 27.5 Å². The van der Waals surface area contributed by atoms with Crippen molar-refractivity contribution in [2.45, 2.75) is 6.42 Å². The summed E-state index contributed by atoms with van der Waals surface area (Å²) in [7, 11) is 0. The highest BCUT2D eigenvalue weighted by Gasteiger charge is 2.12. The van der Waals surface area contributed by atoms with E-state index in [0.29, 0.717) is 9.50 Å². The summed E-state index contributed by atoms with van der Waals surface area (Å²) in [6.45, 7) is 0.0505. The van der Waals surface area contributed by atoms with Crippen molar-refractivity contribution >= 4 is 45.0 Å². The van der Waals surface area contributed by atoms with Gasteiger partial charge in [0, 0.05) is 22.5 Å². The van der Waals surface area contributed by atoms with Crippen molar-refractivity contribution in [1.82, 2.24) is 5.32 Å². The smallest absolute Gasteiger partial charge is 0.252 e. The normalized spacial score (nSPS) is 10.3. The molecule has 0 fully saturated rings. The van der Waals surface area contributed by atoms with Crippen LogP contribution in [0.25, 0.3) is 0 Å². The van der Waals surface area contributed by atoms with Crippen LogP contribution in [-0.2, 0) is 4.79 Å². The predicted molar refractivity (Wildman–Crippen MR) is 92.8 cm³/mol. The average molecular weight is 416 g/mol. The summed E-state index contributed by atoms with van der Waals surface area (Å²) < 4.78 is 13.6. The van der Waals surface area contributed by atoms with Gasteiger partial charge >= 0.3 is 0 Å². The number of rotatable bonds is 5. The highest BCUT2D eigenvalue weighted by atomic mass is 79.9. The molecule has 0 saturated carbocycles. The third-order valence-corrected chi connectivity index (χ3v) is 3.97. The molecule has 2 aromatic rings. The van der Waals surface area contributed by atoms with Crippen LogP contribution in [0.5, 0.6) is 5.75 Å². The van der Waals surface area contributed by atoms with Crippen molar-refractivity contribution in [2.75, 3.05) is 11.9 Å². The van der Waals surface area contributed by atoms with Gasteiger partial charge < -0.3 is 15.7 Å². The fourth-order valence-electron chi connectivity index (χ4n) is 1.88. The molecular formula is C16H13BrClFN2O3. The van der Waals surface area contributed by atoms with E-state index in [2.05, 4.69) is 26.6 Å². The zero-order chi connectivity index (χ0) is 17.7. The third-order valence-electron chi connectivity index (χ3n) is 3.04. The second kappa shape index (κ2) is 8.12. The van der Waals surface area contributed by atoms with Crippen LogP contribution in [-0.4, -0.2) is 23.5 Å². The molecule has 0 aliphatic rings. The summed E-state index contributed by atoms with van der Waals surface area (Å²) in [5.74, 6) is -1.55. The Balaban J connectivity index is 1.87. The first-order valence-electron chi connectivity index (χ1n) is 6.88. The summed E-state index contributed by atoms with van der Waals surface area (Å²) in [6.07, 6.45) is -0.0232. The topological polar surface area (TPSA) is 78.4 Å². The molecule has 126 valence electrons. The molecule has 0 spiro atoms. The molecule has 2 rings (SSSR count). The number of phenols is 1. The van der Waals surface area contributed by atoms with Gasteiger partial charge in [0.1, 0.15) is 11.6 Å². The average Bonchev–Trinajstić information content (AvgIpc) is 2.53. The van der Waals surface area contributed by atoms with E-state index in [1.54, 1.807) is 0 Å². The summed E-state index contributed by atoms with van der Waals surface area (Å²) >= 11 is 8.95. The third kappa shape index (κ3) is 4.94. The molecule has 2 amide bonds. The number of anilines is 1. The fraction of sp³-hybridized carbons (Fsp3) is 0.125. The SMILES string of the molecule is O=C(CCNC(=O)c1cc(F)ccc1Br)Nc1cc(Cl)ccc1O. The van der Waals surface area contributed by atoms with Gasteiger partial charge in [0.2, 0.25) is 5.91 Å². The fourth-order valence-corrected chi connectivity index (χ4v) is 2.48. The van der Waals surface area contributed by atoms with Gasteiger partial charge in [-0.25, -0.2) is 4.39 Å². The molecule has 0 saturated heterocycles. The second-order valence-electron chi connectivity index (χ2n) is 4.84. The van der Waals surface area contributed by atoms with Gasteiger partial charge in [-0.1, -0.05) is 11.6 Å². The molecule has 2 aromatic carbocycles. The van der Waals surface area contributed by atoms with Crippen molar-refractivity contribution in [3.63, 3.8) is 0 Å². The quantitative estimate of drug-likeness (QED) is 0.652. The Kier molecular flexibility index (Phi) is 6.16. The van der Waals surface area contributed by atoms with E-state index in [1.807, 2.05) is 0 Å². The Bertz CT molecular complexity index is 786. The first kappa shape index (κ1) is 18.2. The summed E-state index contributed by atoms with van der Waals surface area (Å²) in [5, 5.41) is 15.0. The van der Waals surface area contributed by atoms with Gasteiger partial charge in [-0.15, -0.1) is 0 Å². The second-order valence-corrected chi connectivity index (χ2v) is 6.13. The van der Waals surface area contributed by atoms with E-state index in [-0.39, 0.29) is 30.0 Å². The molecule has 0 bridgehead atoms. The number of nitrogens with one attached hydrogen (secondary N) is 2. The van der Waals surface area contributed by atoms with Gasteiger partial charge in [-0.3, -0.25) is 9.59 Å². The first-order chi connectivity index (χ1) is 11.4. The molecule has 5 nitrogen and oxygen atoms in total. The molecule has 0 aliphatic carbocycles. The Labute approximate surface area is 151 Å². The number of hydrogen-bond acceptors (Lipinski definition) is 3. The van der Waals surface area contributed by atoms with E-state index in [1.165, 1.54) is 30.3 Å². The molecule has 0 atom stereocenters. The van der Waals surface area contributed by atoms with Crippen LogP contribution in [0.3, 0.4) is 0 Å². The summed E-state index contributed by atoms with van der Waals surface area (Å²) in [4.78, 5) is 23.8. The van der Waals surface area contributed by atoms with Crippen LogP contribution in [0.4, 0.5) is 10.1 Å². The van der Waals surface area contributed by atoms with Crippen LogP contribution < -0.4 is 10.6 Å². The number of halogens is 3. The number of phenolic OH excluding ortho intramolecular Hbond substituents is 1. The maximum Gasteiger partial charge on any atom is 0.252 e. The van der Waals surface area contributed by atoms with Crippen molar-refractivity contribution in [3.8, 4) is 5.75 Å². The number of carbonyl (C=O) groups is 2. The Morgan fingerprint density at radius 1 is 1.21 bits per heavy atom. The van der Waals surface area contributed by atoms with Crippen LogP contribution in [0.1, 0.15) is 16.8 Å². The first-order valence-corrected chi connectivity index (χ1v) is 8.05. The van der Waals surface area contributed by atoms with Crippen molar-refractivity contribution in [1.29, 1.82) is 0 Å². The van der Waals surface area contributed by atoms with Gasteiger partial charge in [-0.05, 0) is 52.3 Å². The standard InChI is InChI=1S/C16H13BrClFN2O3/c17-12-3-2-10(19)8-11(12)16(24)20-6-5-15(23)21-13-7-9(18)1-4-14(13)22/h1-4,7-8,22H,5-6H2,(H,20,24)(H,21,23). The van der Waals surface area contributed by atoms with E-state index in [9.17, 15) is 19.1 Å². The lowest BCUT2D eigenvalue weighted by atomic mass is 10.2. The molecule has 0 aromatic heterocycles. The van der Waals surface area contributed by atoms with Crippen molar-refractivity contribution in [2.24, 2.45) is 0 Å². The molecule has 0 unspecified atom stereocenters. The van der Waals surface area contributed by atoms with Crippen molar-refractivity contribution < 1.29 is 19.1 Å². The lowest BCUT2D eigenvalue weighted by Gasteiger charge is -2.09. The Hall–Kier alpha value is -2.12. The van der Waals surface area contributed by atoms with Gasteiger partial charge in [0.15, 0.2) is 0 Å². The lowest BCUT2D eigenvalue weighted by Crippen LogP contribution is -2.28. The molecule has 8 heteroatoms. The Morgan fingerprint density at radius 2 is 1.96 bits per heavy atom. The maximum absolute atomic E-state index is 13.2. The monoisotopic (exact) mass is 414 g/mol. The Morgan fingerprint density at radius 3 is 2.71 bits per heavy atom. The van der Waals surface area contributed by atoms with Gasteiger partial charge in [-0.2, -0.15) is 0 Å². The minimum absolute atomic E-state index is 0.0232. The molecule has 0 heterocycles. The zero-order valence-corrected chi connectivity index (χ0v) is 14.6. The maximum atomic E-state index is 13.2. The van der Waals surface area contributed by atoms with Crippen molar-refractivity contribution in [3.05, 3.63) is 57.3 Å². The number of aromatic hydroxyl groups is 1. The molecule has 3 N–H and O–H groups in total. The summed E-state index contributed by atoms with van der Waals surface area (Å²) in [5.41, 5.74) is 0.328. The molecule has 0 aliphatic heterocycles. The number of hydrogen-bond donors (Lipinski definition) is 3. The highest BCUT2D eigenvalue weighted by Crippen LogP contribution is 2.26. The minimum Gasteiger partial charge on any atom is -0.506 e. The minimum atomic E-state index is -0.530. The number of benzene rings is 2. The molecule has 0 radical (unpaired) electrons. The van der Waals surface area contributed by atoms with E-state index in [4.69, 9.17) is 11.6 Å². The van der Waals surface area contributed by atoms with Crippen LogP contribution in [0.15, 0.2) is 40.9 Å². The highest BCUT2D eigenvalue weighted by molar-refractivity contribution is 9.10. The largest absolute Gasteiger partial charge is 0.506 e. The van der Waals surface area contributed by atoms with Crippen LogP contribution in [0.2, 0.25) is 5.02 Å². The summed E-state index contributed by atoms with van der Waals surface area (Å²) in [6, 6.07) is 8.02. The van der Waals surface area contributed by atoms with Gasteiger partial charge in [0.25, 0.3) is 5.91 Å². The number of carbonyl (C=O) groups excluding carboxylic acids is 2. The lowest BCUT2D eigenvalue weighted by molar-refractivity contribution is -0.116. The van der Waals surface area contributed by atoms with E-state index in [0.717, 1.165) is 6.07 Å². The molecular weight excluding hydrogens is 403 g/mol. The molecule has 24 heavy (non-hydrogen) atoms. The van der Waals surface area contributed by atoms with E-state index >= 15 is 0 Å². The number of amides is 2. The van der Waals surface area contributed by atoms with E-state index < -0.39 is 17.6 Å². The predicted octanol–water partition coefficient (Wildman–Crippen LogP) is 3.71. The van der Waals surface area contributed by atoms with Gasteiger partial charge in [0.05, 0.1) is 11.3 Å².